The third-order valence-electron chi connectivity index (χ3n) is 5.22. The van der Waals surface area contributed by atoms with E-state index >= 15 is 0 Å². The predicted octanol–water partition coefficient (Wildman–Crippen LogP) is 6.73. The van der Waals surface area contributed by atoms with Crippen LogP contribution in [-0.2, 0) is 6.42 Å². The third kappa shape index (κ3) is 2.67. The quantitative estimate of drug-likeness (QED) is 0.458. The maximum Gasteiger partial charge on any atom is 0.0287 e. The van der Waals surface area contributed by atoms with E-state index in [0.29, 0.717) is 5.92 Å². The molecule has 0 saturated heterocycles. The minimum absolute atomic E-state index is 0.393. The lowest BCUT2D eigenvalue weighted by atomic mass is 9.84. The highest BCUT2D eigenvalue weighted by molar-refractivity contribution is 5.89. The molecule has 1 aliphatic rings. The van der Waals surface area contributed by atoms with Gasteiger partial charge < -0.3 is 0 Å². The normalized spacial score (nSPS) is 15.8. The number of fused-ring (bicyclic) bond motifs is 2. The summed E-state index contributed by atoms with van der Waals surface area (Å²) in [4.78, 5) is 0. The van der Waals surface area contributed by atoms with Gasteiger partial charge in [0, 0.05) is 5.92 Å². The minimum Gasteiger partial charge on any atom is -0.0720 e. The van der Waals surface area contributed by atoms with Crippen LogP contribution in [0.25, 0.3) is 16.8 Å². The van der Waals surface area contributed by atoms with Gasteiger partial charge in [-0.3, -0.25) is 0 Å². The molecule has 0 aromatic heterocycles. The van der Waals surface area contributed by atoms with Crippen molar-refractivity contribution in [1.29, 1.82) is 0 Å². The van der Waals surface area contributed by atoms with Crippen LogP contribution in [-0.4, -0.2) is 0 Å². The zero-order chi connectivity index (χ0) is 16.4. The van der Waals surface area contributed by atoms with E-state index in [0.717, 1.165) is 0 Å². The van der Waals surface area contributed by atoms with E-state index in [4.69, 9.17) is 0 Å². The van der Waals surface area contributed by atoms with Gasteiger partial charge in [0.15, 0.2) is 0 Å². The SMILES string of the molecule is CCCCCc1ccc2ccccc2c1C1C=Cc2ccccc21. The number of benzene rings is 3. The summed E-state index contributed by atoms with van der Waals surface area (Å²) in [7, 11) is 0. The summed E-state index contributed by atoms with van der Waals surface area (Å²) < 4.78 is 0. The van der Waals surface area contributed by atoms with Crippen LogP contribution in [0.3, 0.4) is 0 Å². The van der Waals surface area contributed by atoms with Gasteiger partial charge >= 0.3 is 0 Å². The maximum absolute atomic E-state index is 2.38. The number of hydrogen-bond donors (Lipinski definition) is 0. The van der Waals surface area contributed by atoms with E-state index < -0.39 is 0 Å². The van der Waals surface area contributed by atoms with Crippen LogP contribution in [0.2, 0.25) is 0 Å². The van der Waals surface area contributed by atoms with Crippen molar-refractivity contribution >= 4 is 16.8 Å². The maximum atomic E-state index is 2.38. The molecule has 1 aliphatic carbocycles. The summed E-state index contributed by atoms with van der Waals surface area (Å²) in [6.45, 7) is 2.28. The molecule has 24 heavy (non-hydrogen) atoms. The fourth-order valence-corrected chi connectivity index (χ4v) is 3.99. The van der Waals surface area contributed by atoms with Gasteiger partial charge in [-0.05, 0) is 45.9 Å². The Morgan fingerprint density at radius 1 is 0.833 bits per heavy atom. The molecule has 3 aromatic rings. The van der Waals surface area contributed by atoms with Gasteiger partial charge in [-0.2, -0.15) is 0 Å². The van der Waals surface area contributed by atoms with E-state index in [9.17, 15) is 0 Å². The van der Waals surface area contributed by atoms with Gasteiger partial charge in [0.2, 0.25) is 0 Å². The molecule has 4 rings (SSSR count). The summed E-state index contributed by atoms with van der Waals surface area (Å²) in [5.41, 5.74) is 5.86. The number of hydrogen-bond acceptors (Lipinski definition) is 0. The Morgan fingerprint density at radius 2 is 1.67 bits per heavy atom. The van der Waals surface area contributed by atoms with Crippen LogP contribution in [0.5, 0.6) is 0 Å². The Bertz CT molecular complexity index is 885. The first-order chi connectivity index (χ1) is 11.9. The third-order valence-corrected chi connectivity index (χ3v) is 5.22. The zero-order valence-electron chi connectivity index (χ0n) is 14.3. The van der Waals surface area contributed by atoms with E-state index in [1.807, 2.05) is 0 Å². The molecule has 0 radical (unpaired) electrons. The molecule has 0 heteroatoms. The average molecular weight is 312 g/mol. The summed E-state index contributed by atoms with van der Waals surface area (Å²) in [5, 5.41) is 2.77. The predicted molar refractivity (Wildman–Crippen MR) is 104 cm³/mol. The molecule has 0 aliphatic heterocycles. The molecule has 0 amide bonds. The van der Waals surface area contributed by atoms with Crippen molar-refractivity contribution < 1.29 is 0 Å². The summed E-state index contributed by atoms with van der Waals surface area (Å²) in [6.07, 6.45) is 9.71. The van der Waals surface area contributed by atoms with Crippen LogP contribution >= 0.6 is 0 Å². The second-order valence-corrected chi connectivity index (χ2v) is 6.78. The highest BCUT2D eigenvalue weighted by atomic mass is 14.3. The van der Waals surface area contributed by atoms with E-state index in [2.05, 4.69) is 79.7 Å². The molecule has 0 nitrogen and oxygen atoms in total. The Balaban J connectivity index is 1.86. The number of rotatable bonds is 5. The molecule has 120 valence electrons. The molecule has 0 N–H and O–H groups in total. The van der Waals surface area contributed by atoms with Gasteiger partial charge in [0.1, 0.15) is 0 Å². The van der Waals surface area contributed by atoms with Crippen molar-refractivity contribution in [3.8, 4) is 0 Å². The Labute approximate surface area is 144 Å². The van der Waals surface area contributed by atoms with Crippen LogP contribution in [0.15, 0.2) is 66.7 Å². The first-order valence-electron chi connectivity index (χ1n) is 9.16. The lowest BCUT2D eigenvalue weighted by Gasteiger charge is -2.19. The van der Waals surface area contributed by atoms with Crippen molar-refractivity contribution in [2.45, 2.75) is 38.5 Å². The lowest BCUT2D eigenvalue weighted by molar-refractivity contribution is 0.713. The molecular weight excluding hydrogens is 288 g/mol. The highest BCUT2D eigenvalue weighted by Gasteiger charge is 2.22. The standard InChI is InChI=1S/C24H24/c1-2-3-4-11-20-15-14-19-10-6-8-13-22(19)24(20)23-17-16-18-9-5-7-12-21(18)23/h5-10,12-17,23H,2-4,11H2,1H3. The number of aryl methyl sites for hydroxylation is 1. The van der Waals surface area contributed by atoms with Gasteiger partial charge in [-0.15, -0.1) is 0 Å². The zero-order valence-corrected chi connectivity index (χ0v) is 14.3. The Kier molecular flexibility index (Phi) is 4.21. The minimum atomic E-state index is 0.393. The molecule has 0 bridgehead atoms. The van der Waals surface area contributed by atoms with Gasteiger partial charge in [-0.25, -0.2) is 0 Å². The first kappa shape index (κ1) is 15.2. The number of unbranched alkanes of at least 4 members (excludes halogenated alkanes) is 2. The van der Waals surface area contributed by atoms with Crippen molar-refractivity contribution in [3.63, 3.8) is 0 Å². The average Bonchev–Trinajstić information content (AvgIpc) is 3.05. The Hall–Kier alpha value is -2.34. The second kappa shape index (κ2) is 6.65. The van der Waals surface area contributed by atoms with Crippen LogP contribution in [0.1, 0.15) is 54.4 Å². The second-order valence-electron chi connectivity index (χ2n) is 6.78. The fraction of sp³-hybridized carbons (Fsp3) is 0.250. The van der Waals surface area contributed by atoms with E-state index in [1.54, 1.807) is 0 Å². The monoisotopic (exact) mass is 312 g/mol. The fourth-order valence-electron chi connectivity index (χ4n) is 3.99. The largest absolute Gasteiger partial charge is 0.0720 e. The van der Waals surface area contributed by atoms with Gasteiger partial charge in [-0.1, -0.05) is 92.6 Å². The molecule has 1 unspecified atom stereocenters. The van der Waals surface area contributed by atoms with Crippen molar-refractivity contribution in [2.24, 2.45) is 0 Å². The van der Waals surface area contributed by atoms with Crippen molar-refractivity contribution in [3.05, 3.63) is 89.0 Å². The molecular formula is C24H24. The van der Waals surface area contributed by atoms with E-state index in [1.165, 1.54) is 58.7 Å². The topological polar surface area (TPSA) is 0 Å². The van der Waals surface area contributed by atoms with Crippen molar-refractivity contribution in [1.82, 2.24) is 0 Å². The summed E-state index contributed by atoms with van der Waals surface area (Å²) in [5.74, 6) is 0.393. The van der Waals surface area contributed by atoms with Gasteiger partial charge in [0.25, 0.3) is 0 Å². The van der Waals surface area contributed by atoms with Gasteiger partial charge in [0.05, 0.1) is 0 Å². The molecule has 0 fully saturated rings. The van der Waals surface area contributed by atoms with Crippen LogP contribution in [0, 0.1) is 0 Å². The smallest absolute Gasteiger partial charge is 0.0287 e. The summed E-state index contributed by atoms with van der Waals surface area (Å²) >= 11 is 0. The molecule has 1 atom stereocenters. The van der Waals surface area contributed by atoms with Crippen LogP contribution < -0.4 is 0 Å². The highest BCUT2D eigenvalue weighted by Crippen LogP contribution is 2.40. The first-order valence-corrected chi connectivity index (χ1v) is 9.16. The van der Waals surface area contributed by atoms with Crippen molar-refractivity contribution in [2.75, 3.05) is 0 Å². The summed E-state index contributed by atoms with van der Waals surface area (Å²) in [6, 6.07) is 22.3. The molecule has 0 spiro atoms. The molecule has 3 aromatic carbocycles. The molecule has 0 heterocycles. The van der Waals surface area contributed by atoms with Crippen LogP contribution in [0.4, 0.5) is 0 Å². The number of allylic oxidation sites excluding steroid dienone is 1. The Morgan fingerprint density at radius 3 is 2.58 bits per heavy atom. The van der Waals surface area contributed by atoms with E-state index in [-0.39, 0.29) is 0 Å². The molecule has 0 saturated carbocycles. The lowest BCUT2D eigenvalue weighted by Crippen LogP contribution is -2.03.